The number of aliphatic carboxylic acids is 1. The van der Waals surface area contributed by atoms with Gasteiger partial charge in [-0.1, -0.05) is 41.4 Å². The molecular weight excluding hydrogens is 473 g/mol. The van der Waals surface area contributed by atoms with E-state index in [1.807, 2.05) is 12.1 Å². The van der Waals surface area contributed by atoms with Crippen molar-refractivity contribution < 1.29 is 18.3 Å². The maximum atomic E-state index is 13.3. The lowest BCUT2D eigenvalue weighted by Gasteiger charge is -2.23. The summed E-state index contributed by atoms with van der Waals surface area (Å²) in [5, 5.41) is 11.2. The fourth-order valence-corrected chi connectivity index (χ4v) is 5.35. The summed E-state index contributed by atoms with van der Waals surface area (Å²) >= 11 is 11.9. The fraction of sp³-hybridized carbons (Fsp3) is 0.0455. The summed E-state index contributed by atoms with van der Waals surface area (Å²) in [6.45, 7) is -0.770. The monoisotopic (exact) mass is 487 g/mol. The van der Waals surface area contributed by atoms with Crippen molar-refractivity contribution in [2.75, 3.05) is 10.8 Å². The first-order valence-electron chi connectivity index (χ1n) is 9.26. The van der Waals surface area contributed by atoms with Crippen LogP contribution in [0.5, 0.6) is 0 Å². The van der Waals surface area contributed by atoms with Gasteiger partial charge in [-0.25, -0.2) is 18.4 Å². The molecule has 3 aromatic carbocycles. The number of carbonyl (C=O) groups is 1. The molecule has 0 atom stereocenters. The molecule has 0 aliphatic carbocycles. The van der Waals surface area contributed by atoms with Gasteiger partial charge in [-0.15, -0.1) is 0 Å². The van der Waals surface area contributed by atoms with Crippen molar-refractivity contribution in [1.82, 2.24) is 9.97 Å². The number of fused-ring (bicyclic) bond motifs is 1. The third-order valence-electron chi connectivity index (χ3n) is 4.64. The predicted octanol–water partition coefficient (Wildman–Crippen LogP) is 4.88. The van der Waals surface area contributed by atoms with E-state index in [-0.39, 0.29) is 20.6 Å². The molecule has 1 N–H and O–H groups in total. The van der Waals surface area contributed by atoms with Gasteiger partial charge < -0.3 is 5.11 Å². The molecule has 4 aromatic rings. The summed E-state index contributed by atoms with van der Waals surface area (Å²) in [4.78, 5) is 19.7. The minimum absolute atomic E-state index is 0.125. The molecule has 0 saturated carbocycles. The van der Waals surface area contributed by atoms with Gasteiger partial charge in [0.1, 0.15) is 6.54 Å². The van der Waals surface area contributed by atoms with Crippen molar-refractivity contribution in [1.29, 1.82) is 0 Å². The quantitative estimate of drug-likeness (QED) is 0.415. The second-order valence-corrected chi connectivity index (χ2v) is 9.56. The van der Waals surface area contributed by atoms with E-state index in [9.17, 15) is 18.3 Å². The maximum absolute atomic E-state index is 13.3. The Morgan fingerprint density at radius 2 is 1.53 bits per heavy atom. The number of carboxylic acids is 1. The number of sulfonamides is 1. The molecule has 10 heteroatoms. The van der Waals surface area contributed by atoms with E-state index in [1.165, 1.54) is 18.2 Å². The van der Waals surface area contributed by atoms with Crippen molar-refractivity contribution in [3.05, 3.63) is 83.1 Å². The molecule has 0 amide bonds. The molecule has 1 aromatic heterocycles. The van der Waals surface area contributed by atoms with Gasteiger partial charge in [0.25, 0.3) is 10.0 Å². The molecule has 0 radical (unpaired) electrons. The van der Waals surface area contributed by atoms with Gasteiger partial charge in [0.15, 0.2) is 5.82 Å². The van der Waals surface area contributed by atoms with Crippen LogP contribution in [0.15, 0.2) is 78.0 Å². The molecule has 0 fully saturated rings. The number of rotatable bonds is 6. The lowest BCUT2D eigenvalue weighted by atomic mass is 10.1. The minimum Gasteiger partial charge on any atom is -0.480 e. The Hall–Kier alpha value is -3.20. The first-order chi connectivity index (χ1) is 15.2. The molecule has 0 bridgehead atoms. The van der Waals surface area contributed by atoms with Gasteiger partial charge in [0, 0.05) is 28.0 Å². The Morgan fingerprint density at radius 1 is 0.906 bits per heavy atom. The molecule has 0 spiro atoms. The van der Waals surface area contributed by atoms with Crippen LogP contribution >= 0.6 is 23.2 Å². The van der Waals surface area contributed by atoms with Crippen LogP contribution in [0.25, 0.3) is 22.2 Å². The highest BCUT2D eigenvalue weighted by Crippen LogP contribution is 2.31. The largest absolute Gasteiger partial charge is 0.480 e. The summed E-state index contributed by atoms with van der Waals surface area (Å²) in [5.74, 6) is -0.746. The van der Waals surface area contributed by atoms with E-state index >= 15 is 0 Å². The van der Waals surface area contributed by atoms with Crippen LogP contribution in [0.3, 0.4) is 0 Å². The van der Waals surface area contributed by atoms with E-state index < -0.39 is 22.5 Å². The SMILES string of the molecule is O=C(O)CN(c1ccc2cc(-c3ncccn3)ccc2c1)S(=O)(=O)c1cc(Cl)cc(Cl)c1. The van der Waals surface area contributed by atoms with Crippen molar-refractivity contribution in [2.24, 2.45) is 0 Å². The van der Waals surface area contributed by atoms with Crippen LogP contribution in [0.4, 0.5) is 5.69 Å². The van der Waals surface area contributed by atoms with E-state index in [0.29, 0.717) is 5.82 Å². The number of halogens is 2. The molecule has 162 valence electrons. The number of hydrogen-bond acceptors (Lipinski definition) is 5. The molecule has 0 saturated heterocycles. The maximum Gasteiger partial charge on any atom is 0.324 e. The molecule has 0 aliphatic heterocycles. The first kappa shape index (κ1) is 22.0. The van der Waals surface area contributed by atoms with Gasteiger partial charge in [-0.3, -0.25) is 9.10 Å². The zero-order chi connectivity index (χ0) is 22.9. The van der Waals surface area contributed by atoms with Crippen molar-refractivity contribution in [3.63, 3.8) is 0 Å². The average Bonchev–Trinajstić information content (AvgIpc) is 2.76. The van der Waals surface area contributed by atoms with Crippen LogP contribution < -0.4 is 4.31 Å². The smallest absolute Gasteiger partial charge is 0.324 e. The van der Waals surface area contributed by atoms with Gasteiger partial charge in [-0.2, -0.15) is 0 Å². The Kier molecular flexibility index (Phi) is 6.01. The normalized spacial score (nSPS) is 11.4. The van der Waals surface area contributed by atoms with Gasteiger partial charge >= 0.3 is 5.97 Å². The molecule has 7 nitrogen and oxygen atoms in total. The average molecular weight is 488 g/mol. The fourth-order valence-electron chi connectivity index (χ4n) is 3.22. The van der Waals surface area contributed by atoms with E-state index in [4.69, 9.17) is 23.2 Å². The summed E-state index contributed by atoms with van der Waals surface area (Å²) in [5.41, 5.74) is 0.995. The van der Waals surface area contributed by atoms with Crippen LogP contribution in [-0.4, -0.2) is 36.0 Å². The number of anilines is 1. The van der Waals surface area contributed by atoms with Crippen LogP contribution in [0.1, 0.15) is 0 Å². The molecule has 0 unspecified atom stereocenters. The van der Waals surface area contributed by atoms with Crippen molar-refractivity contribution in [2.45, 2.75) is 4.90 Å². The highest BCUT2D eigenvalue weighted by Gasteiger charge is 2.28. The molecule has 1 heterocycles. The Balaban J connectivity index is 1.79. The lowest BCUT2D eigenvalue weighted by molar-refractivity contribution is -0.135. The van der Waals surface area contributed by atoms with Gasteiger partial charge in [0.05, 0.1) is 10.6 Å². The van der Waals surface area contributed by atoms with Gasteiger partial charge in [0.2, 0.25) is 0 Å². The number of aromatic nitrogens is 2. The Labute approximate surface area is 193 Å². The topological polar surface area (TPSA) is 100 Å². The highest BCUT2D eigenvalue weighted by molar-refractivity contribution is 7.92. The number of benzene rings is 3. The number of nitrogens with zero attached hydrogens (tertiary/aromatic N) is 3. The molecule has 32 heavy (non-hydrogen) atoms. The van der Waals surface area contributed by atoms with Crippen molar-refractivity contribution in [3.8, 4) is 11.4 Å². The first-order valence-corrected chi connectivity index (χ1v) is 11.5. The summed E-state index contributed by atoms with van der Waals surface area (Å²) in [7, 11) is -4.25. The number of carboxylic acid groups (broad SMARTS) is 1. The lowest BCUT2D eigenvalue weighted by Crippen LogP contribution is -2.35. The van der Waals surface area contributed by atoms with Crippen molar-refractivity contribution >= 4 is 55.7 Å². The van der Waals surface area contributed by atoms with Crippen LogP contribution in [0.2, 0.25) is 10.0 Å². The second kappa shape index (κ2) is 8.74. The van der Waals surface area contributed by atoms with Crippen LogP contribution in [-0.2, 0) is 14.8 Å². The summed E-state index contributed by atoms with van der Waals surface area (Å²) in [6.07, 6.45) is 3.29. The Bertz CT molecular complexity index is 1410. The van der Waals surface area contributed by atoms with E-state index in [1.54, 1.807) is 42.7 Å². The van der Waals surface area contributed by atoms with E-state index in [0.717, 1.165) is 20.6 Å². The summed E-state index contributed by atoms with van der Waals surface area (Å²) < 4.78 is 27.4. The third-order valence-corrected chi connectivity index (χ3v) is 6.83. The van der Waals surface area contributed by atoms with Gasteiger partial charge in [-0.05, 0) is 53.2 Å². The van der Waals surface area contributed by atoms with E-state index in [2.05, 4.69) is 9.97 Å². The third kappa shape index (κ3) is 4.52. The minimum atomic E-state index is -4.25. The molecule has 0 aliphatic rings. The summed E-state index contributed by atoms with van der Waals surface area (Å²) in [6, 6.07) is 15.9. The second-order valence-electron chi connectivity index (χ2n) is 6.83. The highest BCUT2D eigenvalue weighted by atomic mass is 35.5. The Morgan fingerprint density at radius 3 is 2.19 bits per heavy atom. The number of hydrogen-bond donors (Lipinski definition) is 1. The molecular formula is C22H15Cl2N3O4S. The predicted molar refractivity (Wildman–Crippen MR) is 124 cm³/mol. The van der Waals surface area contributed by atoms with Crippen LogP contribution in [0, 0.1) is 0 Å². The zero-order valence-corrected chi connectivity index (χ0v) is 18.6. The zero-order valence-electron chi connectivity index (χ0n) is 16.3. The standard InChI is InChI=1S/C22H15Cl2N3O4S/c23-17-10-18(24)12-20(11-17)32(30,31)27(13-21(28)29)19-5-4-14-8-16(3-2-15(14)9-19)22-25-6-1-7-26-22/h1-12H,13H2,(H,28,29). The molecule has 4 rings (SSSR count).